The summed E-state index contributed by atoms with van der Waals surface area (Å²) >= 11 is 0. The zero-order valence-electron chi connectivity index (χ0n) is 14.0. The van der Waals surface area contributed by atoms with E-state index in [9.17, 15) is 0 Å². The number of nitrogens with zero attached hydrogens (tertiary/aromatic N) is 2. The van der Waals surface area contributed by atoms with Crippen molar-refractivity contribution in [1.82, 2.24) is 9.78 Å². The van der Waals surface area contributed by atoms with E-state index in [1.807, 2.05) is 65.3 Å². The molecule has 0 saturated carbocycles. The van der Waals surface area contributed by atoms with Crippen LogP contribution in [0.25, 0.3) is 16.6 Å². The normalized spacial score (nSPS) is 10.8. The Balaban J connectivity index is 1.82. The molecule has 0 aliphatic carbocycles. The monoisotopic (exact) mass is 342 g/mol. The number of hydrogen-bond donors (Lipinski definition) is 4. The molecule has 0 aliphatic heterocycles. The number of benzene rings is 3. The lowest BCUT2D eigenvalue weighted by atomic mass is 10.1. The van der Waals surface area contributed by atoms with Gasteiger partial charge in [0, 0.05) is 34.2 Å². The van der Waals surface area contributed by atoms with Crippen molar-refractivity contribution in [2.45, 2.75) is 0 Å². The van der Waals surface area contributed by atoms with E-state index in [4.69, 9.17) is 22.0 Å². The predicted octanol–water partition coefficient (Wildman–Crippen LogP) is 3.93. The van der Waals surface area contributed by atoms with Gasteiger partial charge in [0.1, 0.15) is 0 Å². The highest BCUT2D eigenvalue weighted by Crippen LogP contribution is 2.29. The van der Waals surface area contributed by atoms with Crippen LogP contribution >= 0.6 is 0 Å². The first-order valence-electron chi connectivity index (χ1n) is 8.16. The molecule has 4 rings (SSSR count). The summed E-state index contributed by atoms with van der Waals surface area (Å²) in [6.07, 6.45) is 1.24. The van der Waals surface area contributed by atoms with Gasteiger partial charge in [0.25, 0.3) is 0 Å². The van der Waals surface area contributed by atoms with Gasteiger partial charge < -0.3 is 22.2 Å². The van der Waals surface area contributed by atoms with Crippen molar-refractivity contribution in [1.29, 1.82) is 5.41 Å². The number of anilines is 4. The van der Waals surface area contributed by atoms with Crippen LogP contribution in [0, 0.1) is 5.41 Å². The molecular weight excluding hydrogens is 324 g/mol. The maximum atomic E-state index is 7.46. The van der Waals surface area contributed by atoms with E-state index in [1.165, 1.54) is 6.21 Å². The minimum Gasteiger partial charge on any atom is -0.399 e. The van der Waals surface area contributed by atoms with E-state index in [1.54, 1.807) is 6.07 Å². The van der Waals surface area contributed by atoms with E-state index in [0.717, 1.165) is 28.1 Å². The molecule has 6 N–H and O–H groups in total. The molecule has 1 heterocycles. The van der Waals surface area contributed by atoms with Crippen LogP contribution in [-0.4, -0.2) is 16.0 Å². The van der Waals surface area contributed by atoms with Gasteiger partial charge >= 0.3 is 0 Å². The quantitative estimate of drug-likeness (QED) is 0.333. The molecule has 6 heteroatoms. The van der Waals surface area contributed by atoms with Crippen LogP contribution in [0.4, 0.5) is 22.9 Å². The second kappa shape index (κ2) is 6.25. The fourth-order valence-corrected chi connectivity index (χ4v) is 2.93. The maximum absolute atomic E-state index is 7.46. The topological polar surface area (TPSA) is 106 Å². The van der Waals surface area contributed by atoms with Gasteiger partial charge in [-0.05, 0) is 48.5 Å². The van der Waals surface area contributed by atoms with Gasteiger partial charge in [-0.25, -0.2) is 4.68 Å². The van der Waals surface area contributed by atoms with Gasteiger partial charge in [0.2, 0.25) is 0 Å². The van der Waals surface area contributed by atoms with Crippen LogP contribution < -0.4 is 16.8 Å². The molecule has 0 atom stereocenters. The third-order valence-electron chi connectivity index (χ3n) is 4.21. The first-order valence-corrected chi connectivity index (χ1v) is 8.16. The van der Waals surface area contributed by atoms with Crippen LogP contribution in [-0.2, 0) is 0 Å². The summed E-state index contributed by atoms with van der Waals surface area (Å²) in [6.45, 7) is 0. The Morgan fingerprint density at radius 1 is 0.962 bits per heavy atom. The molecule has 0 fully saturated rings. The van der Waals surface area contributed by atoms with E-state index in [2.05, 4.69) is 5.32 Å². The zero-order chi connectivity index (χ0) is 18.1. The van der Waals surface area contributed by atoms with Gasteiger partial charge in [-0.3, -0.25) is 0 Å². The SMILES string of the molecule is N=Cc1cc(Nc2nn(-c3cccc(N)c3)c3ccccc23)ccc1N. The molecule has 0 unspecified atom stereocenters. The molecule has 0 radical (unpaired) electrons. The third kappa shape index (κ3) is 2.73. The molecule has 0 aliphatic rings. The summed E-state index contributed by atoms with van der Waals surface area (Å²) < 4.78 is 1.86. The number of nitrogens with one attached hydrogen (secondary N) is 2. The lowest BCUT2D eigenvalue weighted by Gasteiger charge is -2.07. The second-order valence-electron chi connectivity index (χ2n) is 5.99. The first-order chi connectivity index (χ1) is 12.7. The van der Waals surface area contributed by atoms with Crippen LogP contribution in [0.1, 0.15) is 5.56 Å². The highest BCUT2D eigenvalue weighted by molar-refractivity contribution is 5.94. The van der Waals surface area contributed by atoms with Crippen molar-refractivity contribution in [2.24, 2.45) is 0 Å². The minimum absolute atomic E-state index is 0.570. The van der Waals surface area contributed by atoms with Crippen LogP contribution in [0.3, 0.4) is 0 Å². The minimum atomic E-state index is 0.570. The van der Waals surface area contributed by atoms with E-state index >= 15 is 0 Å². The van der Waals surface area contributed by atoms with Gasteiger partial charge in [0.15, 0.2) is 5.82 Å². The van der Waals surface area contributed by atoms with Crippen LogP contribution in [0.15, 0.2) is 66.7 Å². The summed E-state index contributed by atoms with van der Waals surface area (Å²) in [5.41, 5.74) is 16.4. The van der Waals surface area contributed by atoms with Crippen molar-refractivity contribution in [2.75, 3.05) is 16.8 Å². The summed E-state index contributed by atoms with van der Waals surface area (Å²) in [7, 11) is 0. The van der Waals surface area contributed by atoms with Gasteiger partial charge in [-0.15, -0.1) is 5.10 Å². The molecule has 6 nitrogen and oxygen atoms in total. The first kappa shape index (κ1) is 15.7. The maximum Gasteiger partial charge on any atom is 0.160 e. The lowest BCUT2D eigenvalue weighted by molar-refractivity contribution is 0.915. The highest BCUT2D eigenvalue weighted by Gasteiger charge is 2.12. The number of nitrogen functional groups attached to an aromatic ring is 2. The second-order valence-corrected chi connectivity index (χ2v) is 5.99. The Labute approximate surface area is 150 Å². The Bertz CT molecular complexity index is 1110. The molecule has 1 aromatic heterocycles. The van der Waals surface area contributed by atoms with Crippen molar-refractivity contribution >= 4 is 40.0 Å². The molecule has 0 bridgehead atoms. The van der Waals surface area contributed by atoms with Crippen LogP contribution in [0.5, 0.6) is 0 Å². The summed E-state index contributed by atoms with van der Waals surface area (Å²) in [5.74, 6) is 0.726. The van der Waals surface area contributed by atoms with E-state index < -0.39 is 0 Å². The number of para-hydroxylation sites is 1. The number of rotatable bonds is 4. The zero-order valence-corrected chi connectivity index (χ0v) is 14.0. The summed E-state index contributed by atoms with van der Waals surface area (Å²) in [4.78, 5) is 0. The highest BCUT2D eigenvalue weighted by atomic mass is 15.3. The molecule has 0 saturated heterocycles. The Morgan fingerprint density at radius 3 is 2.62 bits per heavy atom. The lowest BCUT2D eigenvalue weighted by Crippen LogP contribution is -1.99. The largest absolute Gasteiger partial charge is 0.399 e. The van der Waals surface area contributed by atoms with Crippen molar-refractivity contribution in [3.63, 3.8) is 0 Å². The Morgan fingerprint density at radius 2 is 1.81 bits per heavy atom. The van der Waals surface area contributed by atoms with Gasteiger partial charge in [-0.1, -0.05) is 18.2 Å². The van der Waals surface area contributed by atoms with E-state index in [-0.39, 0.29) is 0 Å². The molecular formula is C20H18N6. The third-order valence-corrected chi connectivity index (χ3v) is 4.21. The molecule has 4 aromatic rings. The number of aromatic nitrogens is 2. The standard InChI is InChI=1S/C20H18N6/c21-12-13-10-15(8-9-18(13)23)24-20-17-6-1-2-7-19(17)26(25-20)16-5-3-4-14(22)11-16/h1-12,21H,22-23H2,(H,24,25). The average molecular weight is 342 g/mol. The van der Waals surface area contributed by atoms with Crippen LogP contribution in [0.2, 0.25) is 0 Å². The van der Waals surface area contributed by atoms with Gasteiger partial charge in [0.05, 0.1) is 11.2 Å². The predicted molar refractivity (Wildman–Crippen MR) is 108 cm³/mol. The van der Waals surface area contributed by atoms with Gasteiger partial charge in [-0.2, -0.15) is 0 Å². The van der Waals surface area contributed by atoms with Crippen molar-refractivity contribution in [3.05, 3.63) is 72.3 Å². The van der Waals surface area contributed by atoms with E-state index in [0.29, 0.717) is 16.9 Å². The molecule has 3 aromatic carbocycles. The summed E-state index contributed by atoms with van der Waals surface area (Å²) in [5, 5.41) is 16.5. The van der Waals surface area contributed by atoms with Crippen molar-refractivity contribution in [3.8, 4) is 5.69 Å². The smallest absolute Gasteiger partial charge is 0.160 e. The molecule has 128 valence electrons. The number of fused-ring (bicyclic) bond motifs is 1. The molecule has 0 amide bonds. The van der Waals surface area contributed by atoms with Crippen molar-refractivity contribution < 1.29 is 0 Å². The molecule has 26 heavy (non-hydrogen) atoms. The number of hydrogen-bond acceptors (Lipinski definition) is 5. The fraction of sp³-hybridized carbons (Fsp3) is 0. The summed E-state index contributed by atoms with van der Waals surface area (Å²) in [6, 6.07) is 21.1. The Kier molecular flexibility index (Phi) is 3.78. The average Bonchev–Trinajstić information content (AvgIpc) is 3.02. The fourth-order valence-electron chi connectivity index (χ4n) is 2.93. The number of nitrogens with two attached hydrogens (primary N) is 2. The molecule has 0 spiro atoms. The Hall–Kier alpha value is -3.80.